The number of hydrogen-bond acceptors (Lipinski definition) is 3. The van der Waals surface area contributed by atoms with E-state index in [0.717, 1.165) is 60.9 Å². The summed E-state index contributed by atoms with van der Waals surface area (Å²) < 4.78 is 12.8. The van der Waals surface area contributed by atoms with Gasteiger partial charge >= 0.3 is 0 Å². The van der Waals surface area contributed by atoms with E-state index < -0.39 is 0 Å². The topological polar surface area (TPSA) is 29.5 Å². The van der Waals surface area contributed by atoms with Crippen molar-refractivity contribution in [3.8, 4) is 11.1 Å². The van der Waals surface area contributed by atoms with Crippen molar-refractivity contribution in [2.24, 2.45) is 0 Å². The molecule has 0 unspecified atom stereocenters. The van der Waals surface area contributed by atoms with Gasteiger partial charge in [-0.15, -0.1) is 0 Å². The molecule has 0 fully saturated rings. The van der Waals surface area contributed by atoms with Gasteiger partial charge < -0.3 is 13.7 Å². The van der Waals surface area contributed by atoms with Crippen molar-refractivity contribution in [1.29, 1.82) is 0 Å². The van der Waals surface area contributed by atoms with Crippen LogP contribution in [0.25, 0.3) is 87.3 Å². The third kappa shape index (κ3) is 4.25. The second kappa shape index (κ2) is 10.8. The summed E-state index contributed by atoms with van der Waals surface area (Å²) in [6.45, 7) is 0. The third-order valence-electron chi connectivity index (χ3n) is 10.4. The molecule has 2 aromatic heterocycles. The molecule has 0 saturated heterocycles. The van der Waals surface area contributed by atoms with Crippen molar-refractivity contribution in [3.05, 3.63) is 176 Å². The van der Waals surface area contributed by atoms with Crippen LogP contribution in [0.1, 0.15) is 0 Å². The van der Waals surface area contributed by atoms with Gasteiger partial charge in [-0.2, -0.15) is 0 Å². The Morgan fingerprint density at radius 2 is 0.922 bits per heavy atom. The number of para-hydroxylation sites is 1. The minimum Gasteiger partial charge on any atom is -0.456 e. The Morgan fingerprint density at radius 1 is 0.333 bits per heavy atom. The monoisotopic (exact) mass is 651 g/mol. The molecule has 0 aliphatic carbocycles. The molecule has 11 rings (SSSR count). The van der Waals surface area contributed by atoms with E-state index >= 15 is 0 Å². The van der Waals surface area contributed by atoms with Crippen LogP contribution in [-0.2, 0) is 0 Å². The summed E-state index contributed by atoms with van der Waals surface area (Å²) in [5.41, 5.74) is 9.12. The molecule has 9 aromatic carbocycles. The lowest BCUT2D eigenvalue weighted by Crippen LogP contribution is -2.10. The zero-order chi connectivity index (χ0) is 33.5. The highest BCUT2D eigenvalue weighted by molar-refractivity contribution is 6.27. The first-order valence-electron chi connectivity index (χ1n) is 17.3. The first-order valence-corrected chi connectivity index (χ1v) is 17.3. The second-order valence-corrected chi connectivity index (χ2v) is 13.3. The van der Waals surface area contributed by atoms with Crippen LogP contribution in [0.15, 0.2) is 185 Å². The molecule has 0 spiro atoms. The smallest absolute Gasteiger partial charge is 0.136 e. The lowest BCUT2D eigenvalue weighted by atomic mass is 9.96. The molecule has 0 amide bonds. The summed E-state index contributed by atoms with van der Waals surface area (Å²) in [6, 6.07) is 62.7. The molecule has 0 bridgehead atoms. The van der Waals surface area contributed by atoms with E-state index in [0.29, 0.717) is 0 Å². The van der Waals surface area contributed by atoms with Gasteiger partial charge in [0.1, 0.15) is 22.3 Å². The number of fused-ring (bicyclic) bond motifs is 11. The van der Waals surface area contributed by atoms with Crippen LogP contribution in [0.2, 0.25) is 0 Å². The fourth-order valence-electron chi connectivity index (χ4n) is 8.12. The minimum atomic E-state index is 0.870. The summed E-state index contributed by atoms with van der Waals surface area (Å²) in [5.74, 6) is 0. The molecule has 3 nitrogen and oxygen atoms in total. The Kier molecular flexibility index (Phi) is 5.96. The van der Waals surface area contributed by atoms with Crippen LogP contribution in [0.4, 0.5) is 17.1 Å². The minimum absolute atomic E-state index is 0.870. The van der Waals surface area contributed by atoms with E-state index in [-0.39, 0.29) is 0 Å². The molecule has 0 radical (unpaired) electrons. The molecule has 238 valence electrons. The summed E-state index contributed by atoms with van der Waals surface area (Å²) >= 11 is 0. The van der Waals surface area contributed by atoms with E-state index in [2.05, 4.69) is 169 Å². The van der Waals surface area contributed by atoms with Crippen LogP contribution < -0.4 is 4.90 Å². The highest BCUT2D eigenvalue weighted by atomic mass is 16.3. The predicted octanol–water partition coefficient (Wildman–Crippen LogP) is 14.1. The number of anilines is 3. The Labute approximate surface area is 293 Å². The lowest BCUT2D eigenvalue weighted by Gasteiger charge is -2.27. The van der Waals surface area contributed by atoms with Crippen molar-refractivity contribution in [3.63, 3.8) is 0 Å². The van der Waals surface area contributed by atoms with Gasteiger partial charge in [0.15, 0.2) is 0 Å². The number of hydrogen-bond donors (Lipinski definition) is 0. The first-order chi connectivity index (χ1) is 25.3. The molecule has 11 aromatic rings. The summed E-state index contributed by atoms with van der Waals surface area (Å²) in [5, 5.41) is 11.7. The standard InChI is InChI=1S/C48H29NO2/c1-2-10-30(11-3-1)35-23-24-42(38-15-7-6-14-37(35)38)49(33-21-26-44-40(28-33)39-16-8-9-17-43(39)50-44)34-22-27-45-41(29-34)48-46(51-45)25-20-32-19-18-31-12-4-5-13-36(31)47(32)48/h1-29H. The maximum absolute atomic E-state index is 6.56. The maximum Gasteiger partial charge on any atom is 0.136 e. The average Bonchev–Trinajstić information content (AvgIpc) is 3.76. The van der Waals surface area contributed by atoms with Crippen molar-refractivity contribution < 1.29 is 8.83 Å². The Bertz CT molecular complexity index is 3150. The fraction of sp³-hybridized carbons (Fsp3) is 0. The summed E-state index contributed by atoms with van der Waals surface area (Å²) in [4.78, 5) is 2.39. The zero-order valence-corrected chi connectivity index (χ0v) is 27.5. The molecule has 0 atom stereocenters. The molecule has 51 heavy (non-hydrogen) atoms. The number of rotatable bonds is 4. The van der Waals surface area contributed by atoms with Gasteiger partial charge in [-0.05, 0) is 87.3 Å². The van der Waals surface area contributed by atoms with Crippen molar-refractivity contribution >= 4 is 93.3 Å². The molecule has 0 aliphatic heterocycles. The highest BCUT2D eigenvalue weighted by Gasteiger charge is 2.21. The lowest BCUT2D eigenvalue weighted by molar-refractivity contribution is 0.669. The highest BCUT2D eigenvalue weighted by Crippen LogP contribution is 2.46. The van der Waals surface area contributed by atoms with Gasteiger partial charge in [-0.25, -0.2) is 0 Å². The van der Waals surface area contributed by atoms with Gasteiger partial charge in [0, 0.05) is 43.7 Å². The molecular formula is C48H29NO2. The normalized spacial score (nSPS) is 11.9. The number of nitrogens with zero attached hydrogens (tertiary/aromatic N) is 1. The number of benzene rings is 9. The molecule has 0 aliphatic rings. The summed E-state index contributed by atoms with van der Waals surface area (Å²) in [6.07, 6.45) is 0. The number of furan rings is 2. The van der Waals surface area contributed by atoms with E-state index in [4.69, 9.17) is 8.83 Å². The van der Waals surface area contributed by atoms with Crippen LogP contribution >= 0.6 is 0 Å². The Morgan fingerprint density at radius 3 is 1.76 bits per heavy atom. The quantitative estimate of drug-likeness (QED) is 0.177. The van der Waals surface area contributed by atoms with E-state index in [9.17, 15) is 0 Å². The van der Waals surface area contributed by atoms with Gasteiger partial charge in [0.25, 0.3) is 0 Å². The first kappa shape index (κ1) is 28.0. The summed E-state index contributed by atoms with van der Waals surface area (Å²) in [7, 11) is 0. The largest absolute Gasteiger partial charge is 0.456 e. The van der Waals surface area contributed by atoms with Gasteiger partial charge in [-0.3, -0.25) is 0 Å². The van der Waals surface area contributed by atoms with Crippen LogP contribution in [0.3, 0.4) is 0 Å². The van der Waals surface area contributed by atoms with Crippen LogP contribution in [0.5, 0.6) is 0 Å². The van der Waals surface area contributed by atoms with Gasteiger partial charge in [0.2, 0.25) is 0 Å². The molecule has 3 heteroatoms. The van der Waals surface area contributed by atoms with Crippen LogP contribution in [-0.4, -0.2) is 0 Å². The van der Waals surface area contributed by atoms with Gasteiger partial charge in [-0.1, -0.05) is 121 Å². The zero-order valence-electron chi connectivity index (χ0n) is 27.5. The molecule has 0 saturated carbocycles. The maximum atomic E-state index is 6.56. The molecule has 0 N–H and O–H groups in total. The molecular weight excluding hydrogens is 623 g/mol. The Hall–Kier alpha value is -6.84. The van der Waals surface area contributed by atoms with Crippen molar-refractivity contribution in [1.82, 2.24) is 0 Å². The predicted molar refractivity (Wildman–Crippen MR) is 214 cm³/mol. The van der Waals surface area contributed by atoms with Crippen molar-refractivity contribution in [2.45, 2.75) is 0 Å². The van der Waals surface area contributed by atoms with E-state index in [1.807, 2.05) is 12.1 Å². The van der Waals surface area contributed by atoms with E-state index in [1.165, 1.54) is 43.4 Å². The van der Waals surface area contributed by atoms with Crippen molar-refractivity contribution in [2.75, 3.05) is 4.90 Å². The Balaban J connectivity index is 1.22. The third-order valence-corrected chi connectivity index (χ3v) is 10.4. The second-order valence-electron chi connectivity index (χ2n) is 13.3. The van der Waals surface area contributed by atoms with E-state index in [1.54, 1.807) is 0 Å². The SMILES string of the molecule is c1ccc(-c2ccc(N(c3ccc4oc5ccccc5c4c3)c3ccc4oc5ccc6ccc7ccccc7c6c5c4c3)c3ccccc23)cc1. The van der Waals surface area contributed by atoms with Gasteiger partial charge in [0.05, 0.1) is 5.69 Å². The average molecular weight is 652 g/mol. The fourth-order valence-corrected chi connectivity index (χ4v) is 8.12. The molecule has 2 heterocycles. The van der Waals surface area contributed by atoms with Crippen LogP contribution in [0, 0.1) is 0 Å².